The van der Waals surface area contributed by atoms with Crippen LogP contribution in [0.25, 0.3) is 0 Å². The molecule has 1 aromatic carbocycles. The Hall–Kier alpha value is -0.940. The Labute approximate surface area is 188 Å². The third-order valence-electron chi connectivity index (χ3n) is 9.58. The molecular weight excluding hydrogens is 382 g/mol. The fourth-order valence-corrected chi connectivity index (χ4v) is 7.77. The predicted octanol–water partition coefficient (Wildman–Crippen LogP) is 4.40. The number of rotatable bonds is 1. The molecule has 4 nitrogen and oxygen atoms in total. The number of fused-ring (bicyclic) bond motifs is 6. The van der Waals surface area contributed by atoms with E-state index in [9.17, 15) is 0 Å². The van der Waals surface area contributed by atoms with Crippen LogP contribution in [0.5, 0.6) is 0 Å². The number of hydrazine groups is 1. The number of benzene rings is 1. The van der Waals surface area contributed by atoms with E-state index in [1.54, 1.807) is 0 Å². The van der Waals surface area contributed by atoms with Crippen molar-refractivity contribution in [3.05, 3.63) is 35.9 Å². The molecule has 4 saturated carbocycles. The lowest BCUT2D eigenvalue weighted by Crippen LogP contribution is -2.63. The fourth-order valence-electron chi connectivity index (χ4n) is 7.77. The summed E-state index contributed by atoms with van der Waals surface area (Å²) in [5.41, 5.74) is 5.79. The van der Waals surface area contributed by atoms with Gasteiger partial charge in [-0.05, 0) is 88.2 Å². The lowest BCUT2D eigenvalue weighted by molar-refractivity contribution is -0.133. The first kappa shape index (κ1) is 20.7. The minimum atomic E-state index is 0.232. The largest absolute Gasteiger partial charge is 0.374 e. The topological polar surface area (TPSA) is 36.5 Å². The molecular formula is C27H41N3O. The second kappa shape index (κ2) is 8.44. The number of nitrogens with one attached hydrogen (secondary N) is 2. The summed E-state index contributed by atoms with van der Waals surface area (Å²) in [6.07, 6.45) is 15.1. The second-order valence-corrected chi connectivity index (χ2v) is 11.5. The quantitative estimate of drug-likeness (QED) is 0.702. The van der Waals surface area contributed by atoms with Crippen molar-refractivity contribution in [3.8, 4) is 0 Å². The van der Waals surface area contributed by atoms with Gasteiger partial charge >= 0.3 is 0 Å². The van der Waals surface area contributed by atoms with E-state index in [-0.39, 0.29) is 5.41 Å². The van der Waals surface area contributed by atoms with E-state index in [2.05, 4.69) is 46.1 Å². The zero-order chi connectivity index (χ0) is 20.7. The first-order chi connectivity index (χ1) is 15.2. The smallest absolute Gasteiger partial charge is 0.0693 e. The molecule has 6 fully saturated rings. The van der Waals surface area contributed by atoms with Crippen molar-refractivity contribution in [2.45, 2.75) is 93.8 Å². The highest BCUT2D eigenvalue weighted by Crippen LogP contribution is 2.55. The van der Waals surface area contributed by atoms with Gasteiger partial charge in [-0.1, -0.05) is 36.8 Å². The third-order valence-corrected chi connectivity index (χ3v) is 9.58. The third kappa shape index (κ3) is 3.99. The predicted molar refractivity (Wildman–Crippen MR) is 125 cm³/mol. The summed E-state index contributed by atoms with van der Waals surface area (Å²) >= 11 is 0. The molecule has 2 saturated heterocycles. The number of hydrogen-bond donors (Lipinski definition) is 2. The summed E-state index contributed by atoms with van der Waals surface area (Å²) in [5.74, 6) is 1.62. The van der Waals surface area contributed by atoms with Gasteiger partial charge in [0.2, 0.25) is 0 Å². The molecule has 1 spiro atoms. The van der Waals surface area contributed by atoms with Crippen LogP contribution in [-0.2, 0) is 10.2 Å². The van der Waals surface area contributed by atoms with Gasteiger partial charge in [0, 0.05) is 30.6 Å². The van der Waals surface area contributed by atoms with E-state index in [4.69, 9.17) is 4.74 Å². The van der Waals surface area contributed by atoms with E-state index in [1.807, 2.05) is 0 Å². The minimum Gasteiger partial charge on any atom is -0.374 e. The molecule has 0 amide bonds. The molecule has 2 N–H and O–H groups in total. The van der Waals surface area contributed by atoms with Crippen molar-refractivity contribution >= 4 is 0 Å². The van der Waals surface area contributed by atoms with Crippen LogP contribution in [0.3, 0.4) is 0 Å². The van der Waals surface area contributed by atoms with Crippen molar-refractivity contribution in [2.75, 3.05) is 26.2 Å². The van der Waals surface area contributed by atoms with Crippen molar-refractivity contribution in [1.29, 1.82) is 0 Å². The van der Waals surface area contributed by atoms with Gasteiger partial charge in [-0.15, -0.1) is 0 Å². The lowest BCUT2D eigenvalue weighted by atomic mass is 9.53. The first-order valence-corrected chi connectivity index (χ1v) is 13.2. The van der Waals surface area contributed by atoms with E-state index >= 15 is 0 Å². The summed E-state index contributed by atoms with van der Waals surface area (Å²) in [6.45, 7) is 4.81. The molecule has 5 atom stereocenters. The lowest BCUT2D eigenvalue weighted by Gasteiger charge is -2.59. The minimum absolute atomic E-state index is 0.232. The van der Waals surface area contributed by atoms with E-state index in [1.165, 1.54) is 102 Å². The molecule has 0 aromatic heterocycles. The number of ether oxygens (including phenoxy) is 1. The second-order valence-electron chi connectivity index (χ2n) is 11.5. The maximum absolute atomic E-state index is 7.16. The average Bonchev–Trinajstić information content (AvgIpc) is 3.25. The van der Waals surface area contributed by atoms with E-state index in [0.717, 1.165) is 11.8 Å². The SMILES string of the molecule is c1ccc(C23CCC4(CC2)C[C@@H]3OC2CCCC(C2)CN2CC(CCCN4)CN2)cc1. The zero-order valence-corrected chi connectivity index (χ0v) is 19.2. The molecule has 0 radical (unpaired) electrons. The molecule has 170 valence electrons. The van der Waals surface area contributed by atoms with Gasteiger partial charge in [-0.25, -0.2) is 5.01 Å². The Morgan fingerprint density at radius 2 is 1.71 bits per heavy atom. The Balaban J connectivity index is 1.28. The molecule has 2 heterocycles. The van der Waals surface area contributed by atoms with Gasteiger partial charge in [-0.2, -0.15) is 0 Å². The maximum Gasteiger partial charge on any atom is 0.0693 e. The Kier molecular flexibility index (Phi) is 5.62. The average molecular weight is 424 g/mol. The van der Waals surface area contributed by atoms with Gasteiger partial charge in [0.05, 0.1) is 12.2 Å². The number of nitrogens with zero attached hydrogens (tertiary/aromatic N) is 1. The van der Waals surface area contributed by atoms with E-state index < -0.39 is 0 Å². The maximum atomic E-state index is 7.16. The van der Waals surface area contributed by atoms with Crippen LogP contribution in [0, 0.1) is 11.8 Å². The Morgan fingerprint density at radius 1 is 0.903 bits per heavy atom. The summed E-state index contributed by atoms with van der Waals surface area (Å²) in [5, 5.41) is 6.63. The summed E-state index contributed by atoms with van der Waals surface area (Å²) in [4.78, 5) is 0. The van der Waals surface area contributed by atoms with E-state index in [0.29, 0.717) is 17.7 Å². The highest BCUT2D eigenvalue weighted by Gasteiger charge is 2.56. The highest BCUT2D eigenvalue weighted by molar-refractivity contribution is 5.32. The van der Waals surface area contributed by atoms with Crippen molar-refractivity contribution in [2.24, 2.45) is 11.8 Å². The normalized spacial score (nSPS) is 45.6. The van der Waals surface area contributed by atoms with Crippen LogP contribution < -0.4 is 10.7 Å². The van der Waals surface area contributed by atoms with Crippen LogP contribution in [0.1, 0.15) is 76.2 Å². The first-order valence-electron chi connectivity index (χ1n) is 13.2. The van der Waals surface area contributed by atoms with Crippen LogP contribution in [-0.4, -0.2) is 48.9 Å². The molecule has 31 heavy (non-hydrogen) atoms. The van der Waals surface area contributed by atoms with Crippen molar-refractivity contribution in [1.82, 2.24) is 15.8 Å². The molecule has 7 bridgehead atoms. The summed E-state index contributed by atoms with van der Waals surface area (Å²) < 4.78 is 7.16. The fraction of sp³-hybridized carbons (Fsp3) is 0.778. The zero-order valence-electron chi connectivity index (χ0n) is 19.2. The highest BCUT2D eigenvalue weighted by atomic mass is 16.5. The van der Waals surface area contributed by atoms with Crippen molar-refractivity contribution < 1.29 is 4.74 Å². The van der Waals surface area contributed by atoms with Crippen LogP contribution >= 0.6 is 0 Å². The molecule has 6 aliphatic rings. The van der Waals surface area contributed by atoms with Gasteiger partial charge in [0.25, 0.3) is 0 Å². The monoisotopic (exact) mass is 423 g/mol. The van der Waals surface area contributed by atoms with Gasteiger partial charge in [-0.3, -0.25) is 5.43 Å². The van der Waals surface area contributed by atoms with Crippen molar-refractivity contribution in [3.63, 3.8) is 0 Å². The van der Waals surface area contributed by atoms with Crippen LogP contribution in [0.15, 0.2) is 30.3 Å². The van der Waals surface area contributed by atoms with Crippen LogP contribution in [0.4, 0.5) is 0 Å². The van der Waals surface area contributed by atoms with Crippen LogP contribution in [0.2, 0.25) is 0 Å². The molecule has 2 aliphatic heterocycles. The molecule has 7 rings (SSSR count). The molecule has 4 aliphatic carbocycles. The summed E-state index contributed by atoms with van der Waals surface area (Å²) in [7, 11) is 0. The Bertz CT molecular complexity index is 744. The number of hydrogen-bond acceptors (Lipinski definition) is 4. The molecule has 4 unspecified atom stereocenters. The Morgan fingerprint density at radius 3 is 2.58 bits per heavy atom. The summed E-state index contributed by atoms with van der Waals surface area (Å²) in [6, 6.07) is 11.4. The standard InChI is InChI=1S/C27H41N3O/c1-2-8-23(9-3-1)27-13-11-26(12-14-27)17-25(27)31-24-10-4-6-21(16-24)19-30-20-22(18-29-30)7-5-15-28-26/h1-3,8-9,21-22,24-25,28-29H,4-7,10-20H2/t21?,22?,24?,25-,26?,27?/m0/s1. The van der Waals surface area contributed by atoms with Gasteiger partial charge in [0.1, 0.15) is 0 Å². The molecule has 1 aromatic rings. The molecule has 4 heteroatoms. The van der Waals surface area contributed by atoms with Gasteiger partial charge < -0.3 is 10.1 Å². The van der Waals surface area contributed by atoms with Gasteiger partial charge in [0.15, 0.2) is 0 Å².